The van der Waals surface area contributed by atoms with Gasteiger partial charge in [-0.3, -0.25) is 9.48 Å². The Labute approximate surface area is 91.0 Å². The second-order valence-electron chi connectivity index (χ2n) is 3.34. The molecule has 0 aromatic carbocycles. The largest absolute Gasteiger partial charge is 0.341 e. The fourth-order valence-electron chi connectivity index (χ4n) is 1.70. The van der Waals surface area contributed by atoms with Crippen LogP contribution in [0.4, 0.5) is 0 Å². The molecule has 0 radical (unpaired) electrons. The van der Waals surface area contributed by atoms with Gasteiger partial charge in [-0.15, -0.1) is 0 Å². The van der Waals surface area contributed by atoms with Crippen LogP contribution in [0, 0.1) is 0 Å². The zero-order chi connectivity index (χ0) is 10.1. The molecule has 0 aliphatic carbocycles. The number of halogens is 1. The summed E-state index contributed by atoms with van der Waals surface area (Å²) in [5.74, 6) is 0.154. The average molecular weight is 258 g/mol. The Morgan fingerprint density at radius 2 is 2.43 bits per heavy atom. The molecule has 1 aromatic heterocycles. The normalized spacial score (nSPS) is 16.7. The van der Waals surface area contributed by atoms with Crippen molar-refractivity contribution in [3.05, 3.63) is 16.4 Å². The summed E-state index contributed by atoms with van der Waals surface area (Å²) in [6.07, 6.45) is 0.887. The Hall–Kier alpha value is -0.840. The standard InChI is InChI=1S/C9H12BrN3O/c1-2-12-4-3-7-5-8(10)11-13(7)6-9(12)14/h5H,2-4,6H2,1H3. The fourth-order valence-corrected chi connectivity index (χ4v) is 2.15. The van der Waals surface area contributed by atoms with Crippen molar-refractivity contribution in [3.63, 3.8) is 0 Å². The highest BCUT2D eigenvalue weighted by Crippen LogP contribution is 2.14. The molecule has 0 bridgehead atoms. The zero-order valence-corrected chi connectivity index (χ0v) is 9.62. The van der Waals surface area contributed by atoms with Gasteiger partial charge in [-0.1, -0.05) is 0 Å². The molecule has 1 aromatic rings. The topological polar surface area (TPSA) is 38.1 Å². The minimum Gasteiger partial charge on any atom is -0.341 e. The molecule has 0 unspecified atom stereocenters. The summed E-state index contributed by atoms with van der Waals surface area (Å²) in [4.78, 5) is 13.5. The second kappa shape index (κ2) is 3.73. The highest BCUT2D eigenvalue weighted by Gasteiger charge is 2.19. The van der Waals surface area contributed by atoms with E-state index in [1.807, 2.05) is 17.9 Å². The highest BCUT2D eigenvalue weighted by molar-refractivity contribution is 9.10. The first-order valence-corrected chi connectivity index (χ1v) is 5.50. The lowest BCUT2D eigenvalue weighted by molar-refractivity contribution is -0.131. The van der Waals surface area contributed by atoms with Gasteiger partial charge < -0.3 is 4.90 Å². The minimum absolute atomic E-state index is 0.154. The lowest BCUT2D eigenvalue weighted by atomic mass is 10.3. The number of likely N-dealkylation sites (N-methyl/N-ethyl adjacent to an activating group) is 1. The van der Waals surface area contributed by atoms with Gasteiger partial charge in [0.1, 0.15) is 11.1 Å². The van der Waals surface area contributed by atoms with Crippen molar-refractivity contribution in [1.82, 2.24) is 14.7 Å². The van der Waals surface area contributed by atoms with E-state index in [9.17, 15) is 4.79 Å². The smallest absolute Gasteiger partial charge is 0.244 e. The minimum atomic E-state index is 0.154. The number of fused-ring (bicyclic) bond motifs is 1. The predicted octanol–water partition coefficient (Wildman–Crippen LogP) is 1.05. The molecule has 2 heterocycles. The van der Waals surface area contributed by atoms with E-state index in [2.05, 4.69) is 21.0 Å². The maximum absolute atomic E-state index is 11.7. The van der Waals surface area contributed by atoms with Crippen LogP contribution in [0.25, 0.3) is 0 Å². The Bertz CT molecular complexity index is 361. The molecule has 14 heavy (non-hydrogen) atoms. The predicted molar refractivity (Wildman–Crippen MR) is 55.9 cm³/mol. The van der Waals surface area contributed by atoms with E-state index in [0.29, 0.717) is 6.54 Å². The van der Waals surface area contributed by atoms with Crippen molar-refractivity contribution >= 4 is 21.8 Å². The van der Waals surface area contributed by atoms with Crippen molar-refractivity contribution < 1.29 is 4.79 Å². The van der Waals surface area contributed by atoms with Crippen molar-refractivity contribution in [1.29, 1.82) is 0 Å². The van der Waals surface area contributed by atoms with Crippen LogP contribution in [0.2, 0.25) is 0 Å². The lowest BCUT2D eigenvalue weighted by Gasteiger charge is -2.16. The Kier molecular flexibility index (Phi) is 2.58. The third kappa shape index (κ3) is 1.68. The summed E-state index contributed by atoms with van der Waals surface area (Å²) >= 11 is 3.31. The molecule has 1 amide bonds. The number of rotatable bonds is 1. The summed E-state index contributed by atoms with van der Waals surface area (Å²) in [7, 11) is 0. The molecule has 1 aliphatic heterocycles. The summed E-state index contributed by atoms with van der Waals surface area (Å²) in [6, 6.07) is 1.98. The van der Waals surface area contributed by atoms with Gasteiger partial charge in [-0.05, 0) is 28.9 Å². The Morgan fingerprint density at radius 3 is 3.14 bits per heavy atom. The highest BCUT2D eigenvalue weighted by atomic mass is 79.9. The van der Waals surface area contributed by atoms with Gasteiger partial charge in [0.05, 0.1) is 0 Å². The van der Waals surface area contributed by atoms with Gasteiger partial charge in [0.25, 0.3) is 0 Å². The molecule has 0 N–H and O–H groups in total. The van der Waals surface area contributed by atoms with Crippen molar-refractivity contribution in [2.75, 3.05) is 13.1 Å². The maximum atomic E-state index is 11.7. The SMILES string of the molecule is CCN1CCc2cc(Br)nn2CC1=O. The number of nitrogens with zero attached hydrogens (tertiary/aromatic N) is 3. The van der Waals surface area contributed by atoms with Crippen molar-refractivity contribution in [2.24, 2.45) is 0 Å². The average Bonchev–Trinajstić information content (AvgIpc) is 2.40. The summed E-state index contributed by atoms with van der Waals surface area (Å²) < 4.78 is 2.59. The van der Waals surface area contributed by atoms with Crippen LogP contribution in [0.15, 0.2) is 10.7 Å². The van der Waals surface area contributed by atoms with E-state index in [1.165, 1.54) is 0 Å². The quantitative estimate of drug-likeness (QED) is 0.755. The molecule has 1 aliphatic rings. The van der Waals surface area contributed by atoms with Gasteiger partial charge in [-0.2, -0.15) is 5.10 Å². The molecule has 4 nitrogen and oxygen atoms in total. The van der Waals surface area contributed by atoms with Gasteiger partial charge in [-0.25, -0.2) is 0 Å². The molecule has 0 saturated heterocycles. The first-order chi connectivity index (χ1) is 6.70. The van der Waals surface area contributed by atoms with E-state index >= 15 is 0 Å². The van der Waals surface area contributed by atoms with Crippen LogP contribution in [0.5, 0.6) is 0 Å². The van der Waals surface area contributed by atoms with Crippen LogP contribution >= 0.6 is 15.9 Å². The zero-order valence-electron chi connectivity index (χ0n) is 8.03. The van der Waals surface area contributed by atoms with Crippen LogP contribution in [-0.2, 0) is 17.8 Å². The molecule has 0 atom stereocenters. The number of hydrogen-bond donors (Lipinski definition) is 0. The van der Waals surface area contributed by atoms with Gasteiger partial charge in [0, 0.05) is 25.2 Å². The van der Waals surface area contributed by atoms with Crippen molar-refractivity contribution in [3.8, 4) is 0 Å². The number of hydrogen-bond acceptors (Lipinski definition) is 2. The molecule has 0 spiro atoms. The number of amides is 1. The number of aromatic nitrogens is 2. The second-order valence-corrected chi connectivity index (χ2v) is 4.15. The number of carbonyl (C=O) groups is 1. The molecule has 5 heteroatoms. The molecule has 2 rings (SSSR count). The first kappa shape index (κ1) is 9.71. The number of carbonyl (C=O) groups excluding carboxylic acids is 1. The van der Waals surface area contributed by atoms with Gasteiger partial charge in [0.15, 0.2) is 0 Å². The van der Waals surface area contributed by atoms with E-state index in [0.717, 1.165) is 29.8 Å². The van der Waals surface area contributed by atoms with Gasteiger partial charge >= 0.3 is 0 Å². The molecular weight excluding hydrogens is 246 g/mol. The third-order valence-corrected chi connectivity index (χ3v) is 2.88. The molecule has 76 valence electrons. The molecular formula is C9H12BrN3O. The summed E-state index contributed by atoms with van der Waals surface area (Å²) in [6.45, 7) is 3.95. The fraction of sp³-hybridized carbons (Fsp3) is 0.556. The van der Waals surface area contributed by atoms with Gasteiger partial charge in [0.2, 0.25) is 5.91 Å². The third-order valence-electron chi connectivity index (χ3n) is 2.49. The van der Waals surface area contributed by atoms with E-state index < -0.39 is 0 Å². The summed E-state index contributed by atoms with van der Waals surface area (Å²) in [5, 5.41) is 4.22. The monoisotopic (exact) mass is 257 g/mol. The van der Waals surface area contributed by atoms with Crippen molar-refractivity contribution in [2.45, 2.75) is 19.9 Å². The van der Waals surface area contributed by atoms with Crippen LogP contribution in [0.1, 0.15) is 12.6 Å². The summed E-state index contributed by atoms with van der Waals surface area (Å²) in [5.41, 5.74) is 1.13. The maximum Gasteiger partial charge on any atom is 0.244 e. The molecule has 0 saturated carbocycles. The first-order valence-electron chi connectivity index (χ1n) is 4.70. The van der Waals surface area contributed by atoms with Crippen LogP contribution < -0.4 is 0 Å². The van der Waals surface area contributed by atoms with E-state index in [1.54, 1.807) is 4.68 Å². The Morgan fingerprint density at radius 1 is 1.64 bits per heavy atom. The lowest BCUT2D eigenvalue weighted by Crippen LogP contribution is -2.32. The van der Waals surface area contributed by atoms with Crippen LogP contribution in [0.3, 0.4) is 0 Å². The Balaban J connectivity index is 2.26. The molecule has 0 fully saturated rings. The van der Waals surface area contributed by atoms with E-state index in [-0.39, 0.29) is 5.91 Å². The van der Waals surface area contributed by atoms with E-state index in [4.69, 9.17) is 0 Å². The van der Waals surface area contributed by atoms with Crippen LogP contribution in [-0.4, -0.2) is 33.7 Å².